The van der Waals surface area contributed by atoms with Gasteiger partial charge >= 0.3 is 0 Å². The Morgan fingerprint density at radius 2 is 2.05 bits per heavy atom. The fraction of sp³-hybridized carbons (Fsp3) is 0.824. The second-order valence-corrected chi connectivity index (χ2v) is 8.46. The van der Waals surface area contributed by atoms with Crippen LogP contribution in [0, 0.1) is 18.3 Å². The number of nitrogens with one attached hydrogen (secondary N) is 1. The first-order valence-electron chi connectivity index (χ1n) is 8.01. The van der Waals surface area contributed by atoms with Gasteiger partial charge in [-0.15, -0.1) is 11.3 Å². The largest absolute Gasteiger partial charge is 0.308 e. The van der Waals surface area contributed by atoms with Crippen molar-refractivity contribution in [3.63, 3.8) is 0 Å². The Morgan fingerprint density at radius 1 is 1.35 bits per heavy atom. The summed E-state index contributed by atoms with van der Waals surface area (Å²) in [5.74, 6) is 0.656. The molecule has 0 amide bonds. The van der Waals surface area contributed by atoms with Crippen LogP contribution in [0.25, 0.3) is 0 Å². The van der Waals surface area contributed by atoms with Gasteiger partial charge in [-0.25, -0.2) is 4.98 Å². The van der Waals surface area contributed by atoms with Crippen LogP contribution in [0.5, 0.6) is 0 Å². The van der Waals surface area contributed by atoms with E-state index < -0.39 is 0 Å². The summed E-state index contributed by atoms with van der Waals surface area (Å²) >= 11 is 1.92. The van der Waals surface area contributed by atoms with Crippen LogP contribution in [0.15, 0.2) is 0 Å². The summed E-state index contributed by atoms with van der Waals surface area (Å²) in [5.41, 5.74) is 1.69. The van der Waals surface area contributed by atoms with Gasteiger partial charge in [0.1, 0.15) is 5.01 Å². The quantitative estimate of drug-likeness (QED) is 0.876. The third-order valence-electron chi connectivity index (χ3n) is 5.01. The predicted octanol–water partition coefficient (Wildman–Crippen LogP) is 4.66. The van der Waals surface area contributed by atoms with Crippen LogP contribution in [0.3, 0.4) is 0 Å². The van der Waals surface area contributed by atoms with Gasteiger partial charge in [-0.3, -0.25) is 0 Å². The molecule has 1 heterocycles. The van der Waals surface area contributed by atoms with Crippen LogP contribution >= 0.6 is 11.3 Å². The number of aromatic nitrogens is 1. The number of hydrogen-bond donors (Lipinski definition) is 1. The van der Waals surface area contributed by atoms with Gasteiger partial charge in [-0.05, 0) is 44.6 Å². The third-order valence-corrected chi connectivity index (χ3v) is 6.20. The Labute approximate surface area is 128 Å². The van der Waals surface area contributed by atoms with E-state index in [1.54, 1.807) is 0 Å². The lowest BCUT2D eigenvalue weighted by Crippen LogP contribution is -2.53. The molecule has 1 saturated carbocycles. The van der Waals surface area contributed by atoms with Gasteiger partial charge < -0.3 is 5.32 Å². The average Bonchev–Trinajstić information content (AvgIpc) is 2.79. The number of thiazole rings is 1. The lowest BCUT2D eigenvalue weighted by molar-refractivity contribution is 0.0535. The average molecular weight is 295 g/mol. The molecule has 1 N–H and O–H groups in total. The summed E-state index contributed by atoms with van der Waals surface area (Å²) in [5, 5.41) is 5.03. The Bertz CT molecular complexity index is 458. The van der Waals surface area contributed by atoms with Gasteiger partial charge in [-0.2, -0.15) is 0 Å². The summed E-state index contributed by atoms with van der Waals surface area (Å²) < 4.78 is 0. The first-order valence-corrected chi connectivity index (χ1v) is 8.82. The predicted molar refractivity (Wildman–Crippen MR) is 88.4 cm³/mol. The first kappa shape index (κ1) is 16.0. The fourth-order valence-electron chi connectivity index (χ4n) is 3.95. The Hall–Kier alpha value is -0.410. The zero-order chi connectivity index (χ0) is 15.0. The number of nitrogens with zero attached hydrogens (tertiary/aromatic N) is 1. The molecule has 1 aliphatic rings. The summed E-state index contributed by atoms with van der Waals surface area (Å²) in [6.07, 6.45) is 6.25. The van der Waals surface area contributed by atoms with E-state index in [0.29, 0.717) is 11.3 Å². The van der Waals surface area contributed by atoms with E-state index >= 15 is 0 Å². The SMILES string of the molecule is CCc1nc(C2(NC)CCCCC2C(C)(C)C)sc1C. The molecule has 0 aromatic carbocycles. The van der Waals surface area contributed by atoms with Crippen molar-refractivity contribution in [3.8, 4) is 0 Å². The molecule has 2 unspecified atom stereocenters. The van der Waals surface area contributed by atoms with Gasteiger partial charge in [0.05, 0.1) is 11.2 Å². The molecule has 1 fully saturated rings. The van der Waals surface area contributed by atoms with Crippen LogP contribution in [0.4, 0.5) is 0 Å². The Morgan fingerprint density at radius 3 is 2.55 bits per heavy atom. The molecule has 20 heavy (non-hydrogen) atoms. The van der Waals surface area contributed by atoms with Gasteiger partial charge in [0.15, 0.2) is 0 Å². The van der Waals surface area contributed by atoms with Crippen LogP contribution < -0.4 is 5.32 Å². The van der Waals surface area contributed by atoms with Crippen LogP contribution in [0.1, 0.15) is 69.0 Å². The molecule has 0 bridgehead atoms. The summed E-state index contributed by atoms with van der Waals surface area (Å²) in [7, 11) is 2.13. The van der Waals surface area contributed by atoms with E-state index in [1.165, 1.54) is 41.3 Å². The van der Waals surface area contributed by atoms with Gasteiger partial charge in [0, 0.05) is 4.88 Å². The van der Waals surface area contributed by atoms with Crippen LogP contribution in [0.2, 0.25) is 0 Å². The second-order valence-electron chi connectivity index (χ2n) is 7.26. The van der Waals surface area contributed by atoms with Gasteiger partial charge in [0.25, 0.3) is 0 Å². The minimum absolute atomic E-state index is 0.0827. The van der Waals surface area contributed by atoms with Crippen molar-refractivity contribution in [1.82, 2.24) is 10.3 Å². The van der Waals surface area contributed by atoms with Crippen molar-refractivity contribution in [2.75, 3.05) is 7.05 Å². The molecular formula is C17H30N2S. The van der Waals surface area contributed by atoms with Gasteiger partial charge in [-0.1, -0.05) is 40.5 Å². The van der Waals surface area contributed by atoms with E-state index in [-0.39, 0.29) is 5.54 Å². The Kier molecular flexibility index (Phi) is 4.60. The molecule has 0 saturated heterocycles. The van der Waals surface area contributed by atoms with Crippen molar-refractivity contribution in [1.29, 1.82) is 0 Å². The molecule has 114 valence electrons. The minimum atomic E-state index is 0.0827. The maximum Gasteiger partial charge on any atom is 0.114 e. The zero-order valence-corrected chi connectivity index (χ0v) is 14.8. The van der Waals surface area contributed by atoms with E-state index in [1.807, 2.05) is 11.3 Å². The normalized spacial score (nSPS) is 27.8. The summed E-state index contributed by atoms with van der Waals surface area (Å²) in [4.78, 5) is 6.41. The van der Waals surface area contributed by atoms with E-state index in [9.17, 15) is 0 Å². The zero-order valence-electron chi connectivity index (χ0n) is 14.0. The molecule has 0 aliphatic heterocycles. The second kappa shape index (κ2) is 5.76. The molecule has 2 rings (SSSR count). The topological polar surface area (TPSA) is 24.9 Å². The lowest BCUT2D eigenvalue weighted by atomic mass is 9.62. The van der Waals surface area contributed by atoms with Crippen molar-refractivity contribution >= 4 is 11.3 Å². The number of rotatable bonds is 3. The smallest absolute Gasteiger partial charge is 0.114 e. The van der Waals surface area contributed by atoms with Crippen molar-refractivity contribution in [2.24, 2.45) is 11.3 Å². The lowest BCUT2D eigenvalue weighted by Gasteiger charge is -2.49. The van der Waals surface area contributed by atoms with Crippen LogP contribution in [-0.2, 0) is 12.0 Å². The highest BCUT2D eigenvalue weighted by Crippen LogP contribution is 2.50. The standard InChI is InChI=1S/C17H30N2S/c1-7-13-12(2)20-15(19-13)17(18-6)11-9-8-10-14(17)16(3,4)5/h14,18H,7-11H2,1-6H3. The molecular weight excluding hydrogens is 264 g/mol. The van der Waals surface area contributed by atoms with Gasteiger partial charge in [0.2, 0.25) is 0 Å². The molecule has 2 nitrogen and oxygen atoms in total. The highest BCUT2D eigenvalue weighted by molar-refractivity contribution is 7.11. The van der Waals surface area contributed by atoms with E-state index in [0.717, 1.165) is 6.42 Å². The maximum atomic E-state index is 5.01. The van der Waals surface area contributed by atoms with Crippen molar-refractivity contribution < 1.29 is 0 Å². The molecule has 3 heteroatoms. The summed E-state index contributed by atoms with van der Waals surface area (Å²) in [6.45, 7) is 11.6. The first-order chi connectivity index (χ1) is 9.35. The molecule has 2 atom stereocenters. The van der Waals surface area contributed by atoms with E-state index in [4.69, 9.17) is 4.98 Å². The molecule has 1 aromatic rings. The molecule has 0 radical (unpaired) electrons. The molecule has 1 aromatic heterocycles. The minimum Gasteiger partial charge on any atom is -0.308 e. The highest BCUT2D eigenvalue weighted by atomic mass is 32.1. The third kappa shape index (κ3) is 2.67. The Balaban J connectivity index is 2.48. The number of aryl methyl sites for hydroxylation is 2. The highest BCUT2D eigenvalue weighted by Gasteiger charge is 2.48. The summed E-state index contributed by atoms with van der Waals surface area (Å²) in [6, 6.07) is 0. The fourth-order valence-corrected chi connectivity index (χ4v) is 5.24. The van der Waals surface area contributed by atoms with E-state index in [2.05, 4.69) is 47.0 Å². The molecule has 0 spiro atoms. The molecule has 1 aliphatic carbocycles. The number of hydrogen-bond acceptors (Lipinski definition) is 3. The van der Waals surface area contributed by atoms with Crippen molar-refractivity contribution in [2.45, 2.75) is 72.3 Å². The van der Waals surface area contributed by atoms with Crippen LogP contribution in [-0.4, -0.2) is 12.0 Å². The van der Waals surface area contributed by atoms with Crippen molar-refractivity contribution in [3.05, 3.63) is 15.6 Å². The maximum absolute atomic E-state index is 5.01. The monoisotopic (exact) mass is 294 g/mol.